The molecule has 3 rings (SSSR count). The van der Waals surface area contributed by atoms with Crippen molar-refractivity contribution in [3.05, 3.63) is 23.5 Å². The average Bonchev–Trinajstić information content (AvgIpc) is 2.65. The molecule has 0 radical (unpaired) electrons. The van der Waals surface area contributed by atoms with Gasteiger partial charge in [0.15, 0.2) is 0 Å². The Hall–Kier alpha value is -2.08. The summed E-state index contributed by atoms with van der Waals surface area (Å²) < 4.78 is 7.32. The molecule has 1 aromatic heterocycles. The van der Waals surface area contributed by atoms with Gasteiger partial charge < -0.3 is 20.1 Å². The molecule has 1 aliphatic heterocycles. The van der Waals surface area contributed by atoms with Gasteiger partial charge in [-0.1, -0.05) is 0 Å². The van der Waals surface area contributed by atoms with E-state index in [2.05, 4.69) is 4.98 Å². The highest BCUT2D eigenvalue weighted by atomic mass is 16.5. The summed E-state index contributed by atoms with van der Waals surface area (Å²) in [5.41, 5.74) is 7.60. The first-order valence-electron chi connectivity index (χ1n) is 5.26. The van der Waals surface area contributed by atoms with Crippen molar-refractivity contribution < 1.29 is 14.6 Å². The van der Waals surface area contributed by atoms with Gasteiger partial charge in [0.05, 0.1) is 23.2 Å². The molecule has 0 bridgehead atoms. The maximum absolute atomic E-state index is 11.0. The van der Waals surface area contributed by atoms with E-state index in [1.165, 1.54) is 6.07 Å². The van der Waals surface area contributed by atoms with Crippen LogP contribution in [-0.4, -0.2) is 27.2 Å². The molecule has 0 fully saturated rings. The number of carboxylic acids is 1. The summed E-state index contributed by atoms with van der Waals surface area (Å²) in [6.45, 7) is 1.81. The summed E-state index contributed by atoms with van der Waals surface area (Å²) in [6, 6.07) is 3.18. The highest BCUT2D eigenvalue weighted by Gasteiger charge is 2.18. The number of imidazole rings is 1. The maximum atomic E-state index is 11.0. The van der Waals surface area contributed by atoms with Crippen molar-refractivity contribution >= 4 is 22.7 Å². The maximum Gasteiger partial charge on any atom is 0.337 e. The molecule has 17 heavy (non-hydrogen) atoms. The van der Waals surface area contributed by atoms with Gasteiger partial charge in [-0.15, -0.1) is 0 Å². The number of nitrogens with two attached hydrogens (primary N) is 1. The van der Waals surface area contributed by atoms with E-state index < -0.39 is 5.97 Å². The quantitative estimate of drug-likeness (QED) is 0.712. The third kappa shape index (κ3) is 1.45. The Labute approximate surface area is 96.6 Å². The third-order valence-electron chi connectivity index (χ3n) is 2.92. The minimum absolute atomic E-state index is 0.0915. The van der Waals surface area contributed by atoms with Gasteiger partial charge in [-0.2, -0.15) is 0 Å². The number of fused-ring (bicyclic) bond motifs is 3. The minimum Gasteiger partial charge on any atom is -0.478 e. The van der Waals surface area contributed by atoms with Gasteiger partial charge in [0.1, 0.15) is 12.4 Å². The number of aromatic nitrogens is 2. The van der Waals surface area contributed by atoms with Crippen molar-refractivity contribution in [1.29, 1.82) is 0 Å². The highest BCUT2D eigenvalue weighted by molar-refractivity contribution is 5.98. The normalized spacial score (nSPS) is 14.8. The molecule has 0 aliphatic carbocycles. The van der Waals surface area contributed by atoms with Crippen molar-refractivity contribution in [2.45, 2.75) is 13.2 Å². The molecule has 0 spiro atoms. The molecule has 1 aromatic carbocycles. The van der Waals surface area contributed by atoms with Crippen LogP contribution in [0.5, 0.6) is 0 Å². The smallest absolute Gasteiger partial charge is 0.337 e. The summed E-state index contributed by atoms with van der Waals surface area (Å²) in [6.07, 6.45) is 0. The van der Waals surface area contributed by atoms with Crippen LogP contribution in [0, 0.1) is 0 Å². The fourth-order valence-electron chi connectivity index (χ4n) is 2.10. The molecule has 1 aliphatic rings. The van der Waals surface area contributed by atoms with E-state index in [-0.39, 0.29) is 11.3 Å². The van der Waals surface area contributed by atoms with E-state index in [1.54, 1.807) is 6.07 Å². The topological polar surface area (TPSA) is 90.4 Å². The average molecular weight is 233 g/mol. The van der Waals surface area contributed by atoms with Crippen molar-refractivity contribution in [3.63, 3.8) is 0 Å². The lowest BCUT2D eigenvalue weighted by Gasteiger charge is -2.14. The molecule has 2 heterocycles. The Bertz CT molecular complexity index is 618. The number of hydrogen-bond acceptors (Lipinski definition) is 4. The molecule has 3 N–H and O–H groups in total. The minimum atomic E-state index is -1.04. The number of rotatable bonds is 1. The molecule has 0 unspecified atom stereocenters. The lowest BCUT2D eigenvalue weighted by Crippen LogP contribution is -2.16. The summed E-state index contributed by atoms with van der Waals surface area (Å²) in [4.78, 5) is 15.3. The number of carboxylic acid groups (broad SMARTS) is 1. The van der Waals surface area contributed by atoms with Crippen LogP contribution in [0.3, 0.4) is 0 Å². The van der Waals surface area contributed by atoms with E-state index in [4.69, 9.17) is 15.6 Å². The largest absolute Gasteiger partial charge is 0.478 e. The van der Waals surface area contributed by atoms with E-state index in [9.17, 15) is 4.79 Å². The highest BCUT2D eigenvalue weighted by Crippen LogP contribution is 2.24. The number of benzene rings is 1. The zero-order valence-corrected chi connectivity index (χ0v) is 9.01. The van der Waals surface area contributed by atoms with Gasteiger partial charge in [-0.25, -0.2) is 9.78 Å². The van der Waals surface area contributed by atoms with Crippen LogP contribution in [-0.2, 0) is 17.9 Å². The van der Waals surface area contributed by atoms with Crippen LogP contribution < -0.4 is 5.73 Å². The van der Waals surface area contributed by atoms with Gasteiger partial charge in [0.25, 0.3) is 0 Å². The van der Waals surface area contributed by atoms with Crippen molar-refractivity contribution in [3.8, 4) is 0 Å². The second-order valence-electron chi connectivity index (χ2n) is 3.97. The molecule has 0 saturated carbocycles. The van der Waals surface area contributed by atoms with Crippen LogP contribution in [0.15, 0.2) is 12.1 Å². The van der Waals surface area contributed by atoms with E-state index in [1.807, 2.05) is 4.57 Å². The second-order valence-corrected chi connectivity index (χ2v) is 3.97. The summed E-state index contributed by atoms with van der Waals surface area (Å²) >= 11 is 0. The van der Waals surface area contributed by atoms with Gasteiger partial charge in [0, 0.05) is 12.2 Å². The Morgan fingerprint density at radius 2 is 2.35 bits per heavy atom. The Balaban J connectivity index is 2.28. The fraction of sp³-hybridized carbons (Fsp3) is 0.273. The lowest BCUT2D eigenvalue weighted by atomic mass is 10.1. The van der Waals surface area contributed by atoms with Gasteiger partial charge >= 0.3 is 5.97 Å². The molecule has 6 nitrogen and oxygen atoms in total. The predicted octanol–water partition coefficient (Wildman–Crippen LogP) is 0.847. The zero-order valence-electron chi connectivity index (χ0n) is 9.01. The molecular formula is C11H11N3O3. The number of carbonyl (C=O) groups is 1. The van der Waals surface area contributed by atoms with E-state index in [0.29, 0.717) is 18.7 Å². The molecule has 0 atom stereocenters. The number of nitrogen functional groups attached to an aromatic ring is 1. The first kappa shape index (κ1) is 10.1. The molecule has 2 aromatic rings. The number of aromatic carboxylic acids is 1. The molecule has 88 valence electrons. The Kier molecular flexibility index (Phi) is 2.05. The first-order valence-corrected chi connectivity index (χ1v) is 5.26. The molecule has 0 amide bonds. The van der Waals surface area contributed by atoms with E-state index >= 15 is 0 Å². The Morgan fingerprint density at radius 1 is 1.53 bits per heavy atom. The summed E-state index contributed by atoms with van der Waals surface area (Å²) in [7, 11) is 0. The predicted molar refractivity (Wildman–Crippen MR) is 60.8 cm³/mol. The van der Waals surface area contributed by atoms with Gasteiger partial charge in [-0.05, 0) is 12.1 Å². The van der Waals surface area contributed by atoms with Crippen LogP contribution in [0.2, 0.25) is 0 Å². The van der Waals surface area contributed by atoms with Crippen LogP contribution in [0.25, 0.3) is 11.0 Å². The summed E-state index contributed by atoms with van der Waals surface area (Å²) in [5, 5.41) is 8.99. The van der Waals surface area contributed by atoms with Gasteiger partial charge in [-0.3, -0.25) is 0 Å². The van der Waals surface area contributed by atoms with Crippen LogP contribution in [0.1, 0.15) is 16.2 Å². The van der Waals surface area contributed by atoms with Crippen molar-refractivity contribution in [1.82, 2.24) is 9.55 Å². The number of anilines is 1. The van der Waals surface area contributed by atoms with Crippen LogP contribution >= 0.6 is 0 Å². The number of hydrogen-bond donors (Lipinski definition) is 2. The first-order chi connectivity index (χ1) is 8.16. The van der Waals surface area contributed by atoms with Gasteiger partial charge in [0.2, 0.25) is 0 Å². The molecule has 0 saturated heterocycles. The molecule has 6 heteroatoms. The standard InChI is InChI=1S/C11H11N3O3/c12-7-4-9-8(3-6(7)11(15)16)13-10-5-17-2-1-14(9)10/h3-4H,1-2,5,12H2,(H,15,16). The number of nitrogens with zero attached hydrogens (tertiary/aromatic N) is 2. The van der Waals surface area contributed by atoms with Crippen molar-refractivity contribution in [2.75, 3.05) is 12.3 Å². The monoisotopic (exact) mass is 233 g/mol. The lowest BCUT2D eigenvalue weighted by molar-refractivity contribution is 0.0698. The summed E-state index contributed by atoms with van der Waals surface area (Å²) in [5.74, 6) is -0.222. The van der Waals surface area contributed by atoms with Crippen molar-refractivity contribution in [2.24, 2.45) is 0 Å². The zero-order chi connectivity index (χ0) is 12.0. The second kappa shape index (κ2) is 3.46. The van der Waals surface area contributed by atoms with Crippen LogP contribution in [0.4, 0.5) is 5.69 Å². The Morgan fingerprint density at radius 3 is 3.12 bits per heavy atom. The molecular weight excluding hydrogens is 222 g/mol. The SMILES string of the molecule is Nc1cc2c(cc1C(=O)O)nc1n2CCOC1. The van der Waals surface area contributed by atoms with E-state index in [0.717, 1.165) is 17.9 Å². The fourth-order valence-corrected chi connectivity index (χ4v) is 2.10. The number of ether oxygens (including phenoxy) is 1. The third-order valence-corrected chi connectivity index (χ3v) is 2.92.